The van der Waals surface area contributed by atoms with Crippen molar-refractivity contribution in [2.75, 3.05) is 25.0 Å². The van der Waals surface area contributed by atoms with E-state index < -0.39 is 0 Å². The Kier molecular flexibility index (Phi) is 5.56. The highest BCUT2D eigenvalue weighted by molar-refractivity contribution is 7.80. The van der Waals surface area contributed by atoms with Crippen molar-refractivity contribution in [3.8, 4) is 0 Å². The molecule has 1 aromatic rings. The third-order valence-corrected chi connectivity index (χ3v) is 4.16. The van der Waals surface area contributed by atoms with Crippen molar-refractivity contribution in [1.82, 2.24) is 10.2 Å². The standard InChI is InChI=1S/C16H23N3OS/c1-12-6-3-7-14(13(12)2)18-16(21)17-9-5-11-19-10-4-8-15(19)20/h3,6-7H,4-5,8-11H2,1-2H3,(H2,17,18,21). The molecule has 21 heavy (non-hydrogen) atoms. The number of thiocarbonyl (C=S) groups is 1. The third-order valence-electron chi connectivity index (χ3n) is 3.91. The van der Waals surface area contributed by atoms with E-state index in [1.165, 1.54) is 11.1 Å². The second-order valence-electron chi connectivity index (χ2n) is 5.47. The van der Waals surface area contributed by atoms with Crippen molar-refractivity contribution in [1.29, 1.82) is 0 Å². The van der Waals surface area contributed by atoms with Gasteiger partial charge < -0.3 is 15.5 Å². The Bertz CT molecular complexity index is 530. The zero-order valence-corrected chi connectivity index (χ0v) is 13.6. The lowest BCUT2D eigenvalue weighted by atomic mass is 10.1. The average molecular weight is 305 g/mol. The largest absolute Gasteiger partial charge is 0.362 e. The van der Waals surface area contributed by atoms with E-state index in [0.29, 0.717) is 11.5 Å². The molecule has 0 aliphatic carbocycles. The van der Waals surface area contributed by atoms with Gasteiger partial charge in [0.15, 0.2) is 5.11 Å². The predicted molar refractivity (Wildman–Crippen MR) is 90.6 cm³/mol. The van der Waals surface area contributed by atoms with E-state index in [-0.39, 0.29) is 5.91 Å². The van der Waals surface area contributed by atoms with Crippen LogP contribution in [0.2, 0.25) is 0 Å². The van der Waals surface area contributed by atoms with Crippen molar-refractivity contribution in [3.63, 3.8) is 0 Å². The van der Waals surface area contributed by atoms with Crippen molar-refractivity contribution in [3.05, 3.63) is 29.3 Å². The fourth-order valence-electron chi connectivity index (χ4n) is 2.47. The Morgan fingerprint density at radius 1 is 1.38 bits per heavy atom. The Hall–Kier alpha value is -1.62. The highest BCUT2D eigenvalue weighted by Gasteiger charge is 2.18. The number of nitrogens with one attached hydrogen (secondary N) is 2. The lowest BCUT2D eigenvalue weighted by molar-refractivity contribution is -0.127. The first-order chi connectivity index (χ1) is 10.1. The van der Waals surface area contributed by atoms with Gasteiger partial charge in [0.25, 0.3) is 0 Å². The number of carbonyl (C=O) groups is 1. The van der Waals surface area contributed by atoms with Crippen LogP contribution in [-0.4, -0.2) is 35.6 Å². The number of carbonyl (C=O) groups excluding carboxylic acids is 1. The first-order valence-corrected chi connectivity index (χ1v) is 7.87. The molecule has 2 N–H and O–H groups in total. The van der Waals surface area contributed by atoms with Crippen LogP contribution in [-0.2, 0) is 4.79 Å². The van der Waals surface area contributed by atoms with Crippen LogP contribution in [0.25, 0.3) is 0 Å². The van der Waals surface area contributed by atoms with E-state index in [1.807, 2.05) is 17.0 Å². The van der Waals surface area contributed by atoms with Gasteiger partial charge in [-0.3, -0.25) is 4.79 Å². The molecule has 0 aromatic heterocycles. The summed E-state index contributed by atoms with van der Waals surface area (Å²) in [5.41, 5.74) is 3.50. The van der Waals surface area contributed by atoms with E-state index in [9.17, 15) is 4.79 Å². The number of aryl methyl sites for hydroxylation is 1. The fourth-order valence-corrected chi connectivity index (χ4v) is 2.68. The maximum Gasteiger partial charge on any atom is 0.222 e. The van der Waals surface area contributed by atoms with Gasteiger partial charge in [0.1, 0.15) is 0 Å². The van der Waals surface area contributed by atoms with E-state index in [0.717, 1.165) is 38.2 Å². The lowest BCUT2D eigenvalue weighted by Gasteiger charge is -2.17. The van der Waals surface area contributed by atoms with E-state index in [1.54, 1.807) is 0 Å². The van der Waals surface area contributed by atoms with Crippen LogP contribution >= 0.6 is 12.2 Å². The molecule has 114 valence electrons. The summed E-state index contributed by atoms with van der Waals surface area (Å²) in [5, 5.41) is 7.06. The molecule has 4 nitrogen and oxygen atoms in total. The first-order valence-electron chi connectivity index (χ1n) is 7.47. The summed E-state index contributed by atoms with van der Waals surface area (Å²) in [4.78, 5) is 13.4. The zero-order valence-electron chi connectivity index (χ0n) is 12.7. The molecule has 1 aliphatic rings. The van der Waals surface area contributed by atoms with E-state index in [4.69, 9.17) is 12.2 Å². The molecule has 0 radical (unpaired) electrons. The number of anilines is 1. The fraction of sp³-hybridized carbons (Fsp3) is 0.500. The van der Waals surface area contributed by atoms with E-state index >= 15 is 0 Å². The predicted octanol–water partition coefficient (Wildman–Crippen LogP) is 2.60. The van der Waals surface area contributed by atoms with Crippen LogP contribution in [0.3, 0.4) is 0 Å². The topological polar surface area (TPSA) is 44.4 Å². The minimum Gasteiger partial charge on any atom is -0.362 e. The minimum atomic E-state index is 0.283. The maximum absolute atomic E-state index is 11.5. The molecular formula is C16H23N3OS. The Balaban J connectivity index is 1.70. The number of hydrogen-bond acceptors (Lipinski definition) is 2. The molecule has 1 amide bonds. The summed E-state index contributed by atoms with van der Waals surface area (Å²) in [6.45, 7) is 6.67. The van der Waals surface area contributed by atoms with Crippen molar-refractivity contribution >= 4 is 28.9 Å². The third kappa shape index (κ3) is 4.43. The van der Waals surface area contributed by atoms with Crippen LogP contribution in [0.4, 0.5) is 5.69 Å². The Morgan fingerprint density at radius 2 is 2.19 bits per heavy atom. The monoisotopic (exact) mass is 305 g/mol. The van der Waals surface area contributed by atoms with Crippen LogP contribution in [0.15, 0.2) is 18.2 Å². The van der Waals surface area contributed by atoms with Gasteiger partial charge in [-0.2, -0.15) is 0 Å². The molecule has 0 spiro atoms. The molecule has 0 atom stereocenters. The number of hydrogen-bond donors (Lipinski definition) is 2. The minimum absolute atomic E-state index is 0.283. The molecule has 1 aromatic carbocycles. The number of amides is 1. The molecule has 1 fully saturated rings. The summed E-state index contributed by atoms with van der Waals surface area (Å²) < 4.78 is 0. The van der Waals surface area contributed by atoms with Gasteiger partial charge in [0.2, 0.25) is 5.91 Å². The highest BCUT2D eigenvalue weighted by atomic mass is 32.1. The molecule has 0 unspecified atom stereocenters. The first kappa shape index (κ1) is 15.8. The number of nitrogens with zero attached hydrogens (tertiary/aromatic N) is 1. The summed E-state index contributed by atoms with van der Waals surface area (Å²) in [5.74, 6) is 0.283. The van der Waals surface area contributed by atoms with Crippen LogP contribution in [0.1, 0.15) is 30.4 Å². The molecule has 2 rings (SSSR count). The van der Waals surface area contributed by atoms with Gasteiger partial charge in [-0.05, 0) is 56.1 Å². The molecule has 1 heterocycles. The summed E-state index contributed by atoms with van der Waals surface area (Å²) in [6, 6.07) is 6.13. The van der Waals surface area contributed by atoms with Crippen LogP contribution in [0, 0.1) is 13.8 Å². The van der Waals surface area contributed by atoms with Crippen molar-refractivity contribution < 1.29 is 4.79 Å². The molecular weight excluding hydrogens is 282 g/mol. The smallest absolute Gasteiger partial charge is 0.222 e. The van der Waals surface area contributed by atoms with Gasteiger partial charge in [-0.25, -0.2) is 0 Å². The maximum atomic E-state index is 11.5. The van der Waals surface area contributed by atoms with Gasteiger partial charge in [-0.15, -0.1) is 0 Å². The van der Waals surface area contributed by atoms with Gasteiger partial charge in [0.05, 0.1) is 0 Å². The molecule has 5 heteroatoms. The average Bonchev–Trinajstić information content (AvgIpc) is 2.86. The quantitative estimate of drug-likeness (QED) is 0.648. The summed E-state index contributed by atoms with van der Waals surface area (Å²) in [6.07, 6.45) is 2.62. The molecule has 0 bridgehead atoms. The lowest BCUT2D eigenvalue weighted by Crippen LogP contribution is -2.33. The van der Waals surface area contributed by atoms with Gasteiger partial charge in [0, 0.05) is 31.7 Å². The number of benzene rings is 1. The summed E-state index contributed by atoms with van der Waals surface area (Å²) in [7, 11) is 0. The molecule has 1 saturated heterocycles. The second-order valence-corrected chi connectivity index (χ2v) is 5.87. The van der Waals surface area contributed by atoms with Crippen molar-refractivity contribution in [2.45, 2.75) is 33.1 Å². The highest BCUT2D eigenvalue weighted by Crippen LogP contribution is 2.17. The number of rotatable bonds is 5. The van der Waals surface area contributed by atoms with Gasteiger partial charge in [-0.1, -0.05) is 12.1 Å². The van der Waals surface area contributed by atoms with E-state index in [2.05, 4.69) is 30.5 Å². The number of likely N-dealkylation sites (tertiary alicyclic amines) is 1. The van der Waals surface area contributed by atoms with Crippen LogP contribution < -0.4 is 10.6 Å². The van der Waals surface area contributed by atoms with Gasteiger partial charge >= 0.3 is 0 Å². The molecule has 1 aliphatic heterocycles. The summed E-state index contributed by atoms with van der Waals surface area (Å²) >= 11 is 5.31. The molecule has 0 saturated carbocycles. The second kappa shape index (κ2) is 7.41. The van der Waals surface area contributed by atoms with Crippen molar-refractivity contribution in [2.24, 2.45) is 0 Å². The zero-order chi connectivity index (χ0) is 15.2. The van der Waals surface area contributed by atoms with Crippen LogP contribution in [0.5, 0.6) is 0 Å². The SMILES string of the molecule is Cc1cccc(NC(=S)NCCCN2CCCC2=O)c1C. The Morgan fingerprint density at radius 3 is 2.90 bits per heavy atom. The Labute approximate surface area is 131 Å². The normalized spacial score (nSPS) is 14.4.